The lowest BCUT2D eigenvalue weighted by Gasteiger charge is -2.34. The van der Waals surface area contributed by atoms with Crippen LogP contribution in [0.4, 0.5) is 0 Å². The maximum atomic E-state index is 4.27. The molecule has 1 heterocycles. The summed E-state index contributed by atoms with van der Waals surface area (Å²) in [5, 5.41) is 0. The van der Waals surface area contributed by atoms with Gasteiger partial charge in [0.25, 0.3) is 0 Å². The van der Waals surface area contributed by atoms with E-state index in [1.54, 1.807) is 0 Å². The first-order chi connectivity index (χ1) is 7.91. The Balaban J connectivity index is 0.00000162. The summed E-state index contributed by atoms with van der Waals surface area (Å²) in [6.45, 7) is 17.8. The highest BCUT2D eigenvalue weighted by Crippen LogP contribution is 2.47. The zero-order valence-corrected chi connectivity index (χ0v) is 14.0. The van der Waals surface area contributed by atoms with Gasteiger partial charge in [-0.25, -0.2) is 0 Å². The standard InChI is InChI=1S/C16H21N.HI/c1-7-10-17-13(4)14-11(2)8-9-12(3)15(14)16(17,5)6;/h7-9H,1,4,10H2,2-3,5-6H3;1H. The molecule has 0 N–H and O–H groups in total. The first-order valence-corrected chi connectivity index (χ1v) is 6.09. The van der Waals surface area contributed by atoms with Gasteiger partial charge in [-0.05, 0) is 44.4 Å². The topological polar surface area (TPSA) is 3.24 Å². The van der Waals surface area contributed by atoms with Crippen molar-refractivity contribution < 1.29 is 0 Å². The Morgan fingerprint density at radius 1 is 1.22 bits per heavy atom. The van der Waals surface area contributed by atoms with Crippen LogP contribution in [0.5, 0.6) is 0 Å². The predicted octanol–water partition coefficient (Wildman–Crippen LogP) is 4.63. The Hall–Kier alpha value is -0.770. The van der Waals surface area contributed by atoms with Gasteiger partial charge >= 0.3 is 0 Å². The fourth-order valence-electron chi connectivity index (χ4n) is 3.05. The van der Waals surface area contributed by atoms with Crippen LogP contribution in [0.2, 0.25) is 0 Å². The third-order valence-electron chi connectivity index (χ3n) is 3.83. The highest BCUT2D eigenvalue weighted by molar-refractivity contribution is 14.0. The number of hydrogen-bond acceptors (Lipinski definition) is 1. The fourth-order valence-corrected chi connectivity index (χ4v) is 3.05. The van der Waals surface area contributed by atoms with Crippen LogP contribution in [0.1, 0.15) is 36.1 Å². The predicted molar refractivity (Wildman–Crippen MR) is 90.3 cm³/mol. The zero-order valence-electron chi connectivity index (χ0n) is 11.7. The van der Waals surface area contributed by atoms with E-state index in [1.165, 1.54) is 22.3 Å². The molecule has 0 aromatic heterocycles. The Labute approximate surface area is 128 Å². The number of hydrogen-bond donors (Lipinski definition) is 0. The van der Waals surface area contributed by atoms with E-state index < -0.39 is 0 Å². The van der Waals surface area contributed by atoms with Crippen LogP contribution in [-0.4, -0.2) is 11.4 Å². The van der Waals surface area contributed by atoms with Crippen LogP contribution in [-0.2, 0) is 5.54 Å². The third-order valence-corrected chi connectivity index (χ3v) is 3.83. The summed E-state index contributed by atoms with van der Waals surface area (Å²) in [5.41, 5.74) is 6.56. The Bertz CT molecular complexity index is 500. The Morgan fingerprint density at radius 2 is 1.78 bits per heavy atom. The van der Waals surface area contributed by atoms with Crippen LogP contribution in [0, 0.1) is 13.8 Å². The molecule has 18 heavy (non-hydrogen) atoms. The van der Waals surface area contributed by atoms with Crippen molar-refractivity contribution in [2.45, 2.75) is 33.2 Å². The quantitative estimate of drug-likeness (QED) is 0.552. The van der Waals surface area contributed by atoms with Crippen molar-refractivity contribution in [3.63, 3.8) is 0 Å². The molecule has 98 valence electrons. The van der Waals surface area contributed by atoms with E-state index in [0.717, 1.165) is 12.2 Å². The highest BCUT2D eigenvalue weighted by Gasteiger charge is 2.40. The zero-order chi connectivity index (χ0) is 12.8. The molecule has 0 saturated carbocycles. The molecule has 0 unspecified atom stereocenters. The highest BCUT2D eigenvalue weighted by atomic mass is 127. The molecule has 0 atom stereocenters. The number of nitrogens with zero attached hydrogens (tertiary/aromatic N) is 1. The summed E-state index contributed by atoms with van der Waals surface area (Å²) in [6.07, 6.45) is 1.95. The fraction of sp³-hybridized carbons (Fsp3) is 0.375. The molecule has 1 aliphatic rings. The van der Waals surface area contributed by atoms with Crippen molar-refractivity contribution in [1.82, 2.24) is 4.90 Å². The number of aryl methyl sites for hydroxylation is 2. The lowest BCUT2D eigenvalue weighted by atomic mass is 9.88. The van der Waals surface area contributed by atoms with Gasteiger partial charge in [0.05, 0.1) is 5.54 Å². The molecule has 0 fully saturated rings. The van der Waals surface area contributed by atoms with Crippen LogP contribution in [0.3, 0.4) is 0 Å². The summed E-state index contributed by atoms with van der Waals surface area (Å²) >= 11 is 0. The summed E-state index contributed by atoms with van der Waals surface area (Å²) in [4.78, 5) is 2.34. The molecule has 2 heteroatoms. The van der Waals surface area contributed by atoms with Crippen LogP contribution in [0.25, 0.3) is 5.70 Å². The van der Waals surface area contributed by atoms with Gasteiger partial charge in [0.15, 0.2) is 0 Å². The Kier molecular flexibility index (Phi) is 4.31. The number of rotatable bonds is 2. The van der Waals surface area contributed by atoms with Crippen molar-refractivity contribution in [1.29, 1.82) is 0 Å². The monoisotopic (exact) mass is 355 g/mol. The first kappa shape index (κ1) is 15.3. The van der Waals surface area contributed by atoms with Gasteiger partial charge in [-0.1, -0.05) is 24.8 Å². The van der Waals surface area contributed by atoms with Gasteiger partial charge in [0.2, 0.25) is 0 Å². The Morgan fingerprint density at radius 3 is 2.28 bits per heavy atom. The molecule has 1 nitrogen and oxygen atoms in total. The van der Waals surface area contributed by atoms with Crippen molar-refractivity contribution in [2.75, 3.05) is 6.54 Å². The second kappa shape index (κ2) is 5.08. The third kappa shape index (κ3) is 2.00. The van der Waals surface area contributed by atoms with Gasteiger partial charge < -0.3 is 4.90 Å². The van der Waals surface area contributed by atoms with Crippen molar-refractivity contribution in [3.05, 3.63) is 53.6 Å². The largest absolute Gasteiger partial charge is 0.359 e. The second-order valence-corrected chi connectivity index (χ2v) is 5.35. The van der Waals surface area contributed by atoms with E-state index in [9.17, 15) is 0 Å². The minimum absolute atomic E-state index is 0. The SMILES string of the molecule is C=CCN1C(=C)c2c(C)ccc(C)c2C1(C)C.I. The average molecular weight is 355 g/mol. The maximum Gasteiger partial charge on any atom is 0.0610 e. The van der Waals surface area contributed by atoms with Crippen LogP contribution >= 0.6 is 24.0 Å². The van der Waals surface area contributed by atoms with E-state index >= 15 is 0 Å². The summed E-state index contributed by atoms with van der Waals surface area (Å²) in [5.74, 6) is 0. The maximum absolute atomic E-state index is 4.27. The molecule has 0 radical (unpaired) electrons. The van der Waals surface area contributed by atoms with Crippen LogP contribution < -0.4 is 0 Å². The summed E-state index contributed by atoms with van der Waals surface area (Å²) < 4.78 is 0. The minimum Gasteiger partial charge on any atom is -0.359 e. The van der Waals surface area contributed by atoms with Gasteiger partial charge in [-0.15, -0.1) is 30.6 Å². The summed E-state index contributed by atoms with van der Waals surface area (Å²) in [7, 11) is 0. The van der Waals surface area contributed by atoms with E-state index in [0.29, 0.717) is 0 Å². The molecule has 0 aliphatic carbocycles. The van der Waals surface area contributed by atoms with Crippen molar-refractivity contribution >= 4 is 29.7 Å². The second-order valence-electron chi connectivity index (χ2n) is 5.35. The van der Waals surface area contributed by atoms with E-state index in [4.69, 9.17) is 0 Å². The van der Waals surface area contributed by atoms with Crippen molar-refractivity contribution in [2.24, 2.45) is 0 Å². The van der Waals surface area contributed by atoms with E-state index in [1.807, 2.05) is 6.08 Å². The van der Waals surface area contributed by atoms with Gasteiger partial charge in [0.1, 0.15) is 0 Å². The normalized spacial score (nSPS) is 16.2. The van der Waals surface area contributed by atoms with Gasteiger partial charge in [-0.2, -0.15) is 0 Å². The lowest BCUT2D eigenvalue weighted by molar-refractivity contribution is 0.239. The molecule has 1 aliphatic heterocycles. The molecule has 0 amide bonds. The van der Waals surface area contributed by atoms with E-state index in [-0.39, 0.29) is 29.5 Å². The molecule has 1 aromatic rings. The molecule has 1 aromatic carbocycles. The smallest absolute Gasteiger partial charge is 0.0610 e. The number of benzene rings is 1. The molecular formula is C16H22IN. The van der Waals surface area contributed by atoms with Gasteiger partial charge in [0, 0.05) is 17.8 Å². The summed E-state index contributed by atoms with van der Waals surface area (Å²) in [6, 6.07) is 4.40. The number of halogens is 1. The first-order valence-electron chi connectivity index (χ1n) is 6.09. The van der Waals surface area contributed by atoms with Crippen LogP contribution in [0.15, 0.2) is 31.4 Å². The van der Waals surface area contributed by atoms with E-state index in [2.05, 4.69) is 57.9 Å². The lowest BCUT2D eigenvalue weighted by Crippen LogP contribution is -2.35. The van der Waals surface area contributed by atoms with Gasteiger partial charge in [-0.3, -0.25) is 0 Å². The molecule has 0 saturated heterocycles. The molecule has 0 spiro atoms. The molecular weight excluding hydrogens is 333 g/mol. The van der Waals surface area contributed by atoms with Crippen molar-refractivity contribution in [3.8, 4) is 0 Å². The molecule has 2 rings (SSSR count). The minimum atomic E-state index is 0. The number of fused-ring (bicyclic) bond motifs is 1. The molecule has 0 bridgehead atoms. The average Bonchev–Trinajstić information content (AvgIpc) is 2.46.